The van der Waals surface area contributed by atoms with E-state index in [4.69, 9.17) is 0 Å². The molecule has 0 spiro atoms. The van der Waals surface area contributed by atoms with Gasteiger partial charge in [-0.1, -0.05) is 25.0 Å². The molecule has 1 aliphatic rings. The molecule has 1 aromatic heterocycles. The lowest BCUT2D eigenvalue weighted by Gasteiger charge is -2.13. The van der Waals surface area contributed by atoms with Crippen LogP contribution in [0.25, 0.3) is 11.3 Å². The maximum absolute atomic E-state index is 11.9. The van der Waals surface area contributed by atoms with Crippen molar-refractivity contribution < 1.29 is 4.79 Å². The number of amides is 2. The summed E-state index contributed by atoms with van der Waals surface area (Å²) in [4.78, 5) is 19.3. The number of aromatic amines is 1. The molecule has 1 aromatic carbocycles. The second-order valence-electron chi connectivity index (χ2n) is 5.54. The molecule has 21 heavy (non-hydrogen) atoms. The number of hydrogen-bond donors (Lipinski definition) is 3. The van der Waals surface area contributed by atoms with Crippen molar-refractivity contribution in [3.05, 3.63) is 36.3 Å². The lowest BCUT2D eigenvalue weighted by molar-refractivity contribution is 0.248. The molecule has 2 aromatic rings. The van der Waals surface area contributed by atoms with E-state index in [1.807, 2.05) is 37.4 Å². The molecule has 1 heterocycles. The molecule has 0 radical (unpaired) electrons. The van der Waals surface area contributed by atoms with Gasteiger partial charge in [0.1, 0.15) is 5.82 Å². The van der Waals surface area contributed by atoms with Crippen molar-refractivity contribution in [2.75, 3.05) is 5.32 Å². The first kappa shape index (κ1) is 13.7. The number of imidazole rings is 1. The zero-order valence-electron chi connectivity index (χ0n) is 12.1. The highest BCUT2D eigenvalue weighted by Crippen LogP contribution is 2.20. The van der Waals surface area contributed by atoms with Crippen molar-refractivity contribution in [1.29, 1.82) is 0 Å². The number of aromatic nitrogens is 2. The van der Waals surface area contributed by atoms with Crippen LogP contribution < -0.4 is 10.6 Å². The van der Waals surface area contributed by atoms with E-state index in [0.717, 1.165) is 35.6 Å². The van der Waals surface area contributed by atoms with Crippen molar-refractivity contribution in [3.63, 3.8) is 0 Å². The Labute approximate surface area is 124 Å². The fourth-order valence-electron chi connectivity index (χ4n) is 2.72. The van der Waals surface area contributed by atoms with E-state index in [-0.39, 0.29) is 6.03 Å². The molecular weight excluding hydrogens is 264 g/mol. The van der Waals surface area contributed by atoms with Crippen molar-refractivity contribution in [3.8, 4) is 11.3 Å². The summed E-state index contributed by atoms with van der Waals surface area (Å²) in [5.74, 6) is 0.892. The van der Waals surface area contributed by atoms with Gasteiger partial charge < -0.3 is 15.6 Å². The smallest absolute Gasteiger partial charge is 0.319 e. The van der Waals surface area contributed by atoms with Gasteiger partial charge in [-0.3, -0.25) is 0 Å². The Balaban J connectivity index is 1.60. The molecule has 0 saturated heterocycles. The number of benzene rings is 1. The zero-order chi connectivity index (χ0) is 14.7. The van der Waals surface area contributed by atoms with E-state index in [9.17, 15) is 4.79 Å². The molecule has 0 aliphatic heterocycles. The van der Waals surface area contributed by atoms with Gasteiger partial charge in [-0.05, 0) is 37.5 Å². The van der Waals surface area contributed by atoms with Crippen LogP contribution in [-0.2, 0) is 0 Å². The number of nitrogens with zero attached hydrogens (tertiary/aromatic N) is 1. The van der Waals surface area contributed by atoms with E-state index in [1.165, 1.54) is 12.8 Å². The summed E-state index contributed by atoms with van der Waals surface area (Å²) in [5, 5.41) is 5.89. The molecule has 1 fully saturated rings. The van der Waals surface area contributed by atoms with Crippen LogP contribution in [0.1, 0.15) is 31.5 Å². The Kier molecular flexibility index (Phi) is 3.90. The van der Waals surface area contributed by atoms with E-state index >= 15 is 0 Å². The van der Waals surface area contributed by atoms with Crippen molar-refractivity contribution in [2.24, 2.45) is 0 Å². The van der Waals surface area contributed by atoms with Crippen LogP contribution in [-0.4, -0.2) is 22.0 Å². The third-order valence-electron chi connectivity index (χ3n) is 3.85. The highest BCUT2D eigenvalue weighted by atomic mass is 16.2. The van der Waals surface area contributed by atoms with Crippen LogP contribution in [0.3, 0.4) is 0 Å². The van der Waals surface area contributed by atoms with Crippen molar-refractivity contribution in [2.45, 2.75) is 38.6 Å². The molecule has 0 atom stereocenters. The minimum absolute atomic E-state index is 0.118. The van der Waals surface area contributed by atoms with E-state index in [2.05, 4.69) is 20.6 Å². The SMILES string of the molecule is Cc1ncc(-c2ccc(NC(=O)NC3CCCC3)cc2)[nH]1. The van der Waals surface area contributed by atoms with Crippen LogP contribution in [0, 0.1) is 6.92 Å². The minimum Gasteiger partial charge on any atom is -0.342 e. The Bertz CT molecular complexity index is 611. The van der Waals surface area contributed by atoms with Gasteiger partial charge >= 0.3 is 6.03 Å². The first-order valence-corrected chi connectivity index (χ1v) is 7.40. The first-order valence-electron chi connectivity index (χ1n) is 7.40. The molecule has 0 bridgehead atoms. The quantitative estimate of drug-likeness (QED) is 0.808. The summed E-state index contributed by atoms with van der Waals surface area (Å²) in [6.45, 7) is 1.92. The monoisotopic (exact) mass is 284 g/mol. The van der Waals surface area contributed by atoms with Crippen LogP contribution in [0.5, 0.6) is 0 Å². The molecular formula is C16H20N4O. The van der Waals surface area contributed by atoms with Gasteiger partial charge in [0, 0.05) is 11.7 Å². The molecule has 5 heteroatoms. The molecule has 0 unspecified atom stereocenters. The van der Waals surface area contributed by atoms with Gasteiger partial charge in [0.05, 0.1) is 11.9 Å². The number of carbonyl (C=O) groups is 1. The third-order valence-corrected chi connectivity index (χ3v) is 3.85. The Hall–Kier alpha value is -2.30. The molecule has 5 nitrogen and oxygen atoms in total. The largest absolute Gasteiger partial charge is 0.342 e. The number of aryl methyl sites for hydroxylation is 1. The molecule has 3 rings (SSSR count). The van der Waals surface area contributed by atoms with Gasteiger partial charge in [0.15, 0.2) is 0 Å². The maximum atomic E-state index is 11.9. The number of carbonyl (C=O) groups excluding carboxylic acids is 1. The Morgan fingerprint density at radius 2 is 1.95 bits per heavy atom. The maximum Gasteiger partial charge on any atom is 0.319 e. The number of hydrogen-bond acceptors (Lipinski definition) is 2. The summed E-state index contributed by atoms with van der Waals surface area (Å²) >= 11 is 0. The third kappa shape index (κ3) is 3.42. The standard InChI is InChI=1S/C16H20N4O/c1-11-17-10-15(18-11)12-6-8-14(9-7-12)20-16(21)19-13-4-2-3-5-13/h6-10,13H,2-5H2,1H3,(H,17,18)(H2,19,20,21). The van der Waals surface area contributed by atoms with Crippen LogP contribution in [0.15, 0.2) is 30.5 Å². The average molecular weight is 284 g/mol. The van der Waals surface area contributed by atoms with Crippen LogP contribution in [0.4, 0.5) is 10.5 Å². The molecule has 1 aliphatic carbocycles. The van der Waals surface area contributed by atoms with Crippen LogP contribution in [0.2, 0.25) is 0 Å². The lowest BCUT2D eigenvalue weighted by Crippen LogP contribution is -2.36. The topological polar surface area (TPSA) is 69.8 Å². The molecule has 1 saturated carbocycles. The first-order chi connectivity index (χ1) is 10.2. The predicted octanol–water partition coefficient (Wildman–Crippen LogP) is 3.45. The minimum atomic E-state index is -0.118. The average Bonchev–Trinajstić information content (AvgIpc) is 3.11. The van der Waals surface area contributed by atoms with Gasteiger partial charge in [-0.15, -0.1) is 0 Å². The fourth-order valence-corrected chi connectivity index (χ4v) is 2.72. The zero-order valence-corrected chi connectivity index (χ0v) is 12.1. The van der Waals surface area contributed by atoms with Gasteiger partial charge in [-0.25, -0.2) is 9.78 Å². The Morgan fingerprint density at radius 1 is 1.24 bits per heavy atom. The number of nitrogens with one attached hydrogen (secondary N) is 3. The number of anilines is 1. The van der Waals surface area contributed by atoms with Crippen molar-refractivity contribution in [1.82, 2.24) is 15.3 Å². The van der Waals surface area contributed by atoms with Crippen molar-refractivity contribution >= 4 is 11.7 Å². The van der Waals surface area contributed by atoms with E-state index in [0.29, 0.717) is 6.04 Å². The highest BCUT2D eigenvalue weighted by molar-refractivity contribution is 5.89. The van der Waals surface area contributed by atoms with E-state index in [1.54, 1.807) is 0 Å². The number of rotatable bonds is 3. The van der Waals surface area contributed by atoms with Gasteiger partial charge in [0.2, 0.25) is 0 Å². The summed E-state index contributed by atoms with van der Waals surface area (Å²) in [6, 6.07) is 7.96. The number of urea groups is 1. The summed E-state index contributed by atoms with van der Waals surface area (Å²) in [7, 11) is 0. The number of H-pyrrole nitrogens is 1. The highest BCUT2D eigenvalue weighted by Gasteiger charge is 2.16. The van der Waals surface area contributed by atoms with Gasteiger partial charge in [0.25, 0.3) is 0 Å². The summed E-state index contributed by atoms with van der Waals surface area (Å²) in [6.07, 6.45) is 6.41. The molecule has 110 valence electrons. The second kappa shape index (κ2) is 5.99. The fraction of sp³-hybridized carbons (Fsp3) is 0.375. The normalized spacial score (nSPS) is 15.1. The second-order valence-corrected chi connectivity index (χ2v) is 5.54. The predicted molar refractivity (Wildman–Crippen MR) is 83.2 cm³/mol. The van der Waals surface area contributed by atoms with E-state index < -0.39 is 0 Å². The summed E-state index contributed by atoms with van der Waals surface area (Å²) < 4.78 is 0. The summed E-state index contributed by atoms with van der Waals surface area (Å²) in [5.41, 5.74) is 2.83. The van der Waals surface area contributed by atoms with Gasteiger partial charge in [-0.2, -0.15) is 0 Å². The Morgan fingerprint density at radius 3 is 2.57 bits per heavy atom. The molecule has 3 N–H and O–H groups in total. The lowest BCUT2D eigenvalue weighted by atomic mass is 10.1. The van der Waals surface area contributed by atoms with Crippen LogP contribution >= 0.6 is 0 Å². The molecule has 2 amide bonds.